The minimum absolute atomic E-state index is 0.0398. The SMILES string of the molecule is CN(C)C(=O)CCC(=O)N1CCC(C(=O)N2CC=C3C(C)(C)C(c4ccc(C(=O)O)cc4)=CC[C@]3(C)C2)(c2ccccc2)CC1. The molecule has 3 aliphatic rings. The van der Waals surface area contributed by atoms with Crippen LogP contribution in [-0.4, -0.2) is 83.8 Å². The zero-order chi connectivity index (χ0) is 32.6. The summed E-state index contributed by atoms with van der Waals surface area (Å²) < 4.78 is 0. The highest BCUT2D eigenvalue weighted by molar-refractivity contribution is 5.90. The summed E-state index contributed by atoms with van der Waals surface area (Å²) in [6.07, 6.45) is 6.71. The van der Waals surface area contributed by atoms with E-state index in [1.165, 1.54) is 16.0 Å². The van der Waals surface area contributed by atoms with Crippen molar-refractivity contribution in [1.29, 1.82) is 0 Å². The molecule has 8 nitrogen and oxygen atoms in total. The number of benzene rings is 2. The van der Waals surface area contributed by atoms with Crippen LogP contribution in [0.4, 0.5) is 0 Å². The topological polar surface area (TPSA) is 98.2 Å². The van der Waals surface area contributed by atoms with Crippen LogP contribution in [0.2, 0.25) is 0 Å². The lowest BCUT2D eigenvalue weighted by atomic mass is 9.58. The van der Waals surface area contributed by atoms with Crippen LogP contribution >= 0.6 is 0 Å². The van der Waals surface area contributed by atoms with Gasteiger partial charge in [-0.25, -0.2) is 4.79 Å². The Kier molecular flexibility index (Phi) is 8.80. The molecule has 0 spiro atoms. The first-order valence-corrected chi connectivity index (χ1v) is 15.9. The van der Waals surface area contributed by atoms with E-state index < -0.39 is 11.4 Å². The number of likely N-dealkylation sites (tertiary alicyclic amines) is 1. The van der Waals surface area contributed by atoms with Gasteiger partial charge in [0.15, 0.2) is 0 Å². The maximum absolute atomic E-state index is 14.7. The monoisotopic (exact) mass is 611 g/mol. The van der Waals surface area contributed by atoms with Gasteiger partial charge in [0, 0.05) is 63.9 Å². The van der Waals surface area contributed by atoms with Crippen molar-refractivity contribution in [3.63, 3.8) is 0 Å². The Hall–Kier alpha value is -4.20. The van der Waals surface area contributed by atoms with Gasteiger partial charge < -0.3 is 19.8 Å². The Morgan fingerprint density at radius 3 is 2.09 bits per heavy atom. The fourth-order valence-corrected chi connectivity index (χ4v) is 7.78. The summed E-state index contributed by atoms with van der Waals surface area (Å²) in [6, 6.07) is 17.1. The summed E-state index contributed by atoms with van der Waals surface area (Å²) in [6.45, 7) is 8.74. The molecule has 1 atom stereocenters. The molecule has 2 heterocycles. The van der Waals surface area contributed by atoms with Gasteiger partial charge in [0.1, 0.15) is 0 Å². The molecule has 0 unspecified atom stereocenters. The van der Waals surface area contributed by atoms with Crippen LogP contribution in [0.5, 0.6) is 0 Å². The number of carbonyl (C=O) groups is 4. The molecule has 5 rings (SSSR count). The Balaban J connectivity index is 1.36. The van der Waals surface area contributed by atoms with E-state index >= 15 is 0 Å². The molecule has 8 heteroatoms. The molecule has 3 amide bonds. The first kappa shape index (κ1) is 32.2. The van der Waals surface area contributed by atoms with Crippen molar-refractivity contribution in [3.05, 3.63) is 89.0 Å². The number of nitrogens with zero attached hydrogens (tertiary/aromatic N) is 3. The molecular weight excluding hydrogens is 566 g/mol. The van der Waals surface area contributed by atoms with Crippen molar-refractivity contribution in [2.24, 2.45) is 10.8 Å². The summed E-state index contributed by atoms with van der Waals surface area (Å²) in [5, 5.41) is 9.34. The van der Waals surface area contributed by atoms with Crippen molar-refractivity contribution in [3.8, 4) is 0 Å². The molecule has 1 saturated heterocycles. The van der Waals surface area contributed by atoms with Crippen molar-refractivity contribution in [2.45, 2.75) is 58.3 Å². The zero-order valence-electron chi connectivity index (χ0n) is 27.1. The molecule has 1 fully saturated rings. The van der Waals surface area contributed by atoms with E-state index in [0.29, 0.717) is 39.0 Å². The number of carboxylic acid groups (broad SMARTS) is 1. The molecule has 0 saturated carbocycles. The third-order valence-electron chi connectivity index (χ3n) is 10.3. The minimum atomic E-state index is -0.937. The summed E-state index contributed by atoms with van der Waals surface area (Å²) in [4.78, 5) is 56.4. The van der Waals surface area contributed by atoms with E-state index in [1.807, 2.05) is 52.3 Å². The van der Waals surface area contributed by atoms with Gasteiger partial charge in [0.2, 0.25) is 17.7 Å². The zero-order valence-corrected chi connectivity index (χ0v) is 27.1. The quantitative estimate of drug-likeness (QED) is 0.423. The van der Waals surface area contributed by atoms with Crippen molar-refractivity contribution in [2.75, 3.05) is 40.3 Å². The van der Waals surface area contributed by atoms with Crippen LogP contribution in [-0.2, 0) is 19.8 Å². The number of carboxylic acids is 1. The largest absolute Gasteiger partial charge is 0.478 e. The molecule has 238 valence electrons. The number of aromatic carboxylic acids is 1. The van der Waals surface area contributed by atoms with Gasteiger partial charge in [0.05, 0.1) is 11.0 Å². The van der Waals surface area contributed by atoms with E-state index in [9.17, 15) is 24.3 Å². The Bertz CT molecular complexity index is 1530. The molecule has 0 radical (unpaired) electrons. The lowest BCUT2D eigenvalue weighted by Crippen LogP contribution is -2.57. The number of fused-ring (bicyclic) bond motifs is 1. The van der Waals surface area contributed by atoms with E-state index in [2.05, 4.69) is 32.9 Å². The van der Waals surface area contributed by atoms with Gasteiger partial charge in [-0.3, -0.25) is 14.4 Å². The Morgan fingerprint density at radius 2 is 1.49 bits per heavy atom. The molecule has 1 aliphatic carbocycles. The third-order valence-corrected chi connectivity index (χ3v) is 10.3. The predicted molar refractivity (Wildman–Crippen MR) is 174 cm³/mol. The molecule has 0 aromatic heterocycles. The average Bonchev–Trinajstić information content (AvgIpc) is 3.03. The Morgan fingerprint density at radius 1 is 0.844 bits per heavy atom. The van der Waals surface area contributed by atoms with E-state index in [1.54, 1.807) is 26.2 Å². The van der Waals surface area contributed by atoms with Crippen molar-refractivity contribution >= 4 is 29.3 Å². The highest BCUT2D eigenvalue weighted by atomic mass is 16.4. The van der Waals surface area contributed by atoms with Crippen molar-refractivity contribution in [1.82, 2.24) is 14.7 Å². The maximum Gasteiger partial charge on any atom is 0.335 e. The number of carbonyl (C=O) groups excluding carboxylic acids is 3. The second-order valence-corrected chi connectivity index (χ2v) is 13.8. The average molecular weight is 612 g/mol. The molecule has 2 aliphatic heterocycles. The van der Waals surface area contributed by atoms with E-state index in [-0.39, 0.29) is 47.0 Å². The standard InChI is InChI=1S/C37H45N3O5/c1-35(2)29(26-11-13-27(14-12-26)33(43)44)17-19-36(3)25-40(22-18-30(35)36)34(45)37(28-9-7-6-8-10-28)20-23-39(24-21-37)32(42)16-15-31(41)38(4)5/h6-14,17-18H,15-16,19-25H2,1-5H3,(H,43,44)/t36-/m1/s1. The molecule has 45 heavy (non-hydrogen) atoms. The number of hydrogen-bond donors (Lipinski definition) is 1. The van der Waals surface area contributed by atoms with E-state index in [4.69, 9.17) is 0 Å². The van der Waals surface area contributed by atoms with E-state index in [0.717, 1.165) is 17.5 Å². The van der Waals surface area contributed by atoms with Gasteiger partial charge in [0.25, 0.3) is 0 Å². The molecule has 1 N–H and O–H groups in total. The molecular formula is C37H45N3O5. The fraction of sp³-hybridized carbons (Fsp3) is 0.459. The lowest BCUT2D eigenvalue weighted by molar-refractivity contribution is -0.144. The van der Waals surface area contributed by atoms with Gasteiger partial charge in [-0.05, 0) is 48.1 Å². The van der Waals surface area contributed by atoms with Gasteiger partial charge in [-0.15, -0.1) is 0 Å². The third kappa shape index (κ3) is 6.07. The minimum Gasteiger partial charge on any atom is -0.478 e. The first-order valence-electron chi connectivity index (χ1n) is 15.9. The second kappa shape index (κ2) is 12.3. The smallest absolute Gasteiger partial charge is 0.335 e. The van der Waals surface area contributed by atoms with Crippen molar-refractivity contribution < 1.29 is 24.3 Å². The van der Waals surface area contributed by atoms with Crippen LogP contribution in [0, 0.1) is 10.8 Å². The summed E-state index contributed by atoms with van der Waals surface area (Å²) >= 11 is 0. The van der Waals surface area contributed by atoms with Crippen LogP contribution < -0.4 is 0 Å². The van der Waals surface area contributed by atoms with Crippen LogP contribution in [0.3, 0.4) is 0 Å². The number of hydrogen-bond acceptors (Lipinski definition) is 4. The highest BCUT2D eigenvalue weighted by Gasteiger charge is 2.50. The summed E-state index contributed by atoms with van der Waals surface area (Å²) in [5.74, 6) is -0.934. The maximum atomic E-state index is 14.7. The van der Waals surface area contributed by atoms with Gasteiger partial charge in [-0.1, -0.05) is 81.0 Å². The van der Waals surface area contributed by atoms with Crippen LogP contribution in [0.25, 0.3) is 5.57 Å². The summed E-state index contributed by atoms with van der Waals surface area (Å²) in [7, 11) is 3.38. The molecule has 2 aromatic carbocycles. The van der Waals surface area contributed by atoms with Gasteiger partial charge in [-0.2, -0.15) is 0 Å². The molecule has 0 bridgehead atoms. The lowest BCUT2D eigenvalue weighted by Gasteiger charge is -2.52. The number of piperidine rings is 1. The number of amides is 3. The number of rotatable bonds is 7. The van der Waals surface area contributed by atoms with Crippen LogP contribution in [0.1, 0.15) is 74.4 Å². The van der Waals surface area contributed by atoms with Crippen LogP contribution in [0.15, 0.2) is 72.3 Å². The predicted octanol–water partition coefficient (Wildman–Crippen LogP) is 5.40. The first-order chi connectivity index (χ1) is 21.3. The second-order valence-electron chi connectivity index (χ2n) is 13.8. The normalized spacial score (nSPS) is 22.1. The summed E-state index contributed by atoms with van der Waals surface area (Å²) in [5.41, 5.74) is 3.50. The fourth-order valence-electron chi connectivity index (χ4n) is 7.78. The number of allylic oxidation sites excluding steroid dienone is 2. The molecule has 2 aromatic rings. The Labute approximate surface area is 266 Å². The highest BCUT2D eigenvalue weighted by Crippen LogP contribution is 2.55. The van der Waals surface area contributed by atoms with Gasteiger partial charge >= 0.3 is 5.97 Å².